The summed E-state index contributed by atoms with van der Waals surface area (Å²) in [6.07, 6.45) is 2.97. The molecular weight excluding hydrogens is 314 g/mol. The average Bonchev–Trinajstić information content (AvgIpc) is 3.22. The molecule has 6 nitrogen and oxygen atoms in total. The number of aromatic nitrogens is 3. The predicted octanol–water partition coefficient (Wildman–Crippen LogP) is 2.39. The van der Waals surface area contributed by atoms with Gasteiger partial charge in [0.15, 0.2) is 5.82 Å². The summed E-state index contributed by atoms with van der Waals surface area (Å²) in [6, 6.07) is 10.7. The molecule has 134 valence electrons. The monoisotopic (exact) mass is 341 g/mol. The molecule has 2 aromatic rings. The van der Waals surface area contributed by atoms with Crippen LogP contribution in [0.15, 0.2) is 30.3 Å². The van der Waals surface area contributed by atoms with Crippen LogP contribution in [0.5, 0.6) is 0 Å². The number of hydrogen-bond donors (Lipinski definition) is 2. The van der Waals surface area contributed by atoms with E-state index in [0.29, 0.717) is 30.9 Å². The van der Waals surface area contributed by atoms with Crippen molar-refractivity contribution in [3.63, 3.8) is 0 Å². The van der Waals surface area contributed by atoms with E-state index in [4.69, 9.17) is 0 Å². The largest absolute Gasteiger partial charge is 0.354 e. The molecule has 3 rings (SSSR count). The number of aromatic amines is 1. The Hall–Kier alpha value is -2.21. The van der Waals surface area contributed by atoms with Crippen LogP contribution < -0.4 is 5.32 Å². The lowest BCUT2D eigenvalue weighted by Gasteiger charge is -2.31. The highest BCUT2D eigenvalue weighted by Gasteiger charge is 2.34. The summed E-state index contributed by atoms with van der Waals surface area (Å²) < 4.78 is 0. The van der Waals surface area contributed by atoms with E-state index in [1.807, 2.05) is 37.3 Å². The fraction of sp³-hybridized carbons (Fsp3) is 0.526. The van der Waals surface area contributed by atoms with Crippen molar-refractivity contribution in [2.75, 3.05) is 6.54 Å². The number of nitrogens with one attached hydrogen (secondary N) is 2. The van der Waals surface area contributed by atoms with Gasteiger partial charge in [0, 0.05) is 30.6 Å². The van der Waals surface area contributed by atoms with E-state index >= 15 is 0 Å². The summed E-state index contributed by atoms with van der Waals surface area (Å²) in [5.41, 5.74) is 0.986. The molecular formula is C19H27N5O. The molecule has 1 aliphatic heterocycles. The first-order valence-electron chi connectivity index (χ1n) is 9.08. The van der Waals surface area contributed by atoms with Gasteiger partial charge in [-0.15, -0.1) is 0 Å². The fourth-order valence-electron chi connectivity index (χ4n) is 3.69. The maximum atomic E-state index is 12.4. The minimum atomic E-state index is -0.0953. The van der Waals surface area contributed by atoms with E-state index in [1.54, 1.807) is 0 Å². The van der Waals surface area contributed by atoms with Crippen LogP contribution in [0.1, 0.15) is 39.4 Å². The van der Waals surface area contributed by atoms with Crippen LogP contribution in [0.4, 0.5) is 0 Å². The molecule has 1 aromatic heterocycles. The molecule has 1 amide bonds. The third-order valence-electron chi connectivity index (χ3n) is 5.07. The highest BCUT2D eigenvalue weighted by atomic mass is 16.2. The summed E-state index contributed by atoms with van der Waals surface area (Å²) in [5.74, 6) is 1.56. The number of carbonyl (C=O) groups excluding carboxylic acids is 1. The Morgan fingerprint density at radius 2 is 1.96 bits per heavy atom. The van der Waals surface area contributed by atoms with Gasteiger partial charge in [0.1, 0.15) is 5.82 Å². The molecule has 0 radical (unpaired) electrons. The van der Waals surface area contributed by atoms with Gasteiger partial charge in [-0.2, -0.15) is 5.10 Å². The van der Waals surface area contributed by atoms with Gasteiger partial charge in [0.2, 0.25) is 5.91 Å². The first-order valence-corrected chi connectivity index (χ1v) is 9.08. The summed E-state index contributed by atoms with van der Waals surface area (Å²) >= 11 is 0. The van der Waals surface area contributed by atoms with Gasteiger partial charge in [-0.3, -0.25) is 14.8 Å². The van der Waals surface area contributed by atoms with Crippen LogP contribution in [-0.4, -0.2) is 50.7 Å². The number of hydrogen-bond acceptors (Lipinski definition) is 4. The smallest absolute Gasteiger partial charge is 0.237 e. The third-order valence-corrected chi connectivity index (χ3v) is 5.07. The second-order valence-electron chi connectivity index (χ2n) is 6.91. The van der Waals surface area contributed by atoms with Gasteiger partial charge in [0.05, 0.1) is 6.04 Å². The van der Waals surface area contributed by atoms with Crippen molar-refractivity contribution < 1.29 is 4.79 Å². The number of benzene rings is 1. The molecule has 1 aromatic carbocycles. The van der Waals surface area contributed by atoms with Crippen LogP contribution in [0.2, 0.25) is 0 Å². The first-order chi connectivity index (χ1) is 12.1. The Labute approximate surface area is 149 Å². The summed E-state index contributed by atoms with van der Waals surface area (Å²) in [6.45, 7) is 6.96. The van der Waals surface area contributed by atoms with Gasteiger partial charge in [-0.1, -0.05) is 30.3 Å². The zero-order valence-corrected chi connectivity index (χ0v) is 15.2. The number of nitrogens with zero attached hydrogens (tertiary/aromatic N) is 3. The maximum Gasteiger partial charge on any atom is 0.237 e. The van der Waals surface area contributed by atoms with Crippen molar-refractivity contribution in [3.05, 3.63) is 36.2 Å². The third kappa shape index (κ3) is 4.07. The highest BCUT2D eigenvalue weighted by molar-refractivity contribution is 5.81. The second-order valence-corrected chi connectivity index (χ2v) is 6.91. The number of H-pyrrole nitrogens is 1. The van der Waals surface area contributed by atoms with Crippen molar-refractivity contribution in [2.45, 2.75) is 58.2 Å². The lowest BCUT2D eigenvalue weighted by Crippen LogP contribution is -2.49. The molecule has 0 spiro atoms. The van der Waals surface area contributed by atoms with E-state index in [-0.39, 0.29) is 11.9 Å². The maximum absolute atomic E-state index is 12.4. The normalized spacial score (nSPS) is 22.0. The lowest BCUT2D eigenvalue weighted by atomic mass is 10.2. The van der Waals surface area contributed by atoms with E-state index in [2.05, 4.69) is 39.2 Å². The van der Waals surface area contributed by atoms with Gasteiger partial charge < -0.3 is 5.32 Å². The zero-order chi connectivity index (χ0) is 17.8. The van der Waals surface area contributed by atoms with Gasteiger partial charge in [-0.05, 0) is 33.6 Å². The van der Waals surface area contributed by atoms with Crippen molar-refractivity contribution in [1.29, 1.82) is 0 Å². The van der Waals surface area contributed by atoms with Crippen LogP contribution in [0.3, 0.4) is 0 Å². The lowest BCUT2D eigenvalue weighted by molar-refractivity contribution is -0.126. The molecule has 25 heavy (non-hydrogen) atoms. The Balaban J connectivity index is 1.50. The van der Waals surface area contributed by atoms with Gasteiger partial charge in [-0.25, -0.2) is 4.98 Å². The van der Waals surface area contributed by atoms with Crippen LogP contribution in [0.25, 0.3) is 11.4 Å². The molecule has 1 fully saturated rings. The molecule has 2 N–H and O–H groups in total. The molecule has 1 aliphatic rings. The predicted molar refractivity (Wildman–Crippen MR) is 98.0 cm³/mol. The van der Waals surface area contributed by atoms with Crippen molar-refractivity contribution in [1.82, 2.24) is 25.4 Å². The quantitative estimate of drug-likeness (QED) is 0.846. The molecule has 3 atom stereocenters. The van der Waals surface area contributed by atoms with Crippen molar-refractivity contribution >= 4 is 5.91 Å². The second kappa shape index (κ2) is 7.78. The molecule has 0 saturated carbocycles. The van der Waals surface area contributed by atoms with E-state index < -0.39 is 0 Å². The summed E-state index contributed by atoms with van der Waals surface area (Å²) in [4.78, 5) is 19.3. The van der Waals surface area contributed by atoms with Crippen LogP contribution in [0, 0.1) is 0 Å². The highest BCUT2D eigenvalue weighted by Crippen LogP contribution is 2.25. The molecule has 2 heterocycles. The molecule has 6 heteroatoms. The Kier molecular flexibility index (Phi) is 5.48. The average molecular weight is 341 g/mol. The Morgan fingerprint density at radius 3 is 2.64 bits per heavy atom. The molecule has 0 unspecified atom stereocenters. The van der Waals surface area contributed by atoms with E-state index in [1.165, 1.54) is 12.8 Å². The SMILES string of the molecule is C[C@@H]1CC[C@@H](C)N1[C@@H](C)C(=O)NCCc1nc(-c2ccccc2)n[nH]1. The van der Waals surface area contributed by atoms with Gasteiger partial charge in [0.25, 0.3) is 0 Å². The Morgan fingerprint density at radius 1 is 1.28 bits per heavy atom. The topological polar surface area (TPSA) is 73.9 Å². The number of carbonyl (C=O) groups is 1. The molecule has 1 saturated heterocycles. The van der Waals surface area contributed by atoms with Crippen molar-refractivity contribution in [3.8, 4) is 11.4 Å². The van der Waals surface area contributed by atoms with Crippen LogP contribution in [-0.2, 0) is 11.2 Å². The summed E-state index contributed by atoms with van der Waals surface area (Å²) in [5, 5.41) is 10.2. The number of rotatable bonds is 6. The minimum Gasteiger partial charge on any atom is -0.354 e. The molecule has 0 bridgehead atoms. The fourth-order valence-corrected chi connectivity index (χ4v) is 3.69. The number of amides is 1. The first kappa shape index (κ1) is 17.6. The van der Waals surface area contributed by atoms with E-state index in [9.17, 15) is 4.79 Å². The minimum absolute atomic E-state index is 0.0865. The van der Waals surface area contributed by atoms with Gasteiger partial charge >= 0.3 is 0 Å². The van der Waals surface area contributed by atoms with Crippen molar-refractivity contribution in [2.24, 2.45) is 0 Å². The molecule has 0 aliphatic carbocycles. The standard InChI is InChI=1S/C19H27N5O/c1-13-9-10-14(2)24(13)15(3)19(25)20-12-11-17-21-18(23-22-17)16-7-5-4-6-8-16/h4-8,13-15H,9-12H2,1-3H3,(H,20,25)(H,21,22,23)/t13-,14-,15+/m1/s1. The van der Waals surface area contributed by atoms with Crippen LogP contribution >= 0.6 is 0 Å². The summed E-state index contributed by atoms with van der Waals surface area (Å²) in [7, 11) is 0. The Bertz CT molecular complexity index is 689. The number of likely N-dealkylation sites (tertiary alicyclic amines) is 1. The van der Waals surface area contributed by atoms with E-state index in [0.717, 1.165) is 11.4 Å². The zero-order valence-electron chi connectivity index (χ0n) is 15.2.